The van der Waals surface area contributed by atoms with Crippen molar-refractivity contribution in [3.8, 4) is 0 Å². The molecule has 2 saturated heterocycles. The first-order valence-electron chi connectivity index (χ1n) is 12.3. The fraction of sp³-hybridized carbons (Fsp3) is 0.480. The average Bonchev–Trinajstić information content (AvgIpc) is 3.16. The first-order chi connectivity index (χ1) is 17.2. The standard InChI is InChI=1S/C25H32FN3O5S2/c26-24-8-4-3-7-21(24)19-35(31,32)28-17-13-20(14-18-28)25(30)27-22-9-11-23(12-10-22)36(33,34)29-15-5-1-2-6-16-29/h3-4,7-12,20H,1-2,5-6,13-19H2,(H,27,30). The van der Waals surface area contributed by atoms with Crippen LogP contribution in [0.25, 0.3) is 0 Å². The number of sulfonamides is 2. The number of amides is 1. The van der Waals surface area contributed by atoms with Gasteiger partial charge in [-0.15, -0.1) is 0 Å². The van der Waals surface area contributed by atoms with Gasteiger partial charge in [0.25, 0.3) is 0 Å². The van der Waals surface area contributed by atoms with E-state index in [1.54, 1.807) is 18.2 Å². The molecule has 2 aliphatic rings. The SMILES string of the molecule is O=C(Nc1ccc(S(=O)(=O)N2CCCCCC2)cc1)C1CCN(S(=O)(=O)Cc2ccccc2F)CC1. The van der Waals surface area contributed by atoms with Gasteiger partial charge in [0.15, 0.2) is 0 Å². The summed E-state index contributed by atoms with van der Waals surface area (Å²) in [4.78, 5) is 13.0. The van der Waals surface area contributed by atoms with Crippen LogP contribution in [-0.4, -0.2) is 57.5 Å². The van der Waals surface area contributed by atoms with Crippen molar-refractivity contribution >= 4 is 31.6 Å². The van der Waals surface area contributed by atoms with E-state index in [0.717, 1.165) is 25.7 Å². The Bertz CT molecular complexity index is 1270. The second-order valence-electron chi connectivity index (χ2n) is 9.35. The summed E-state index contributed by atoms with van der Waals surface area (Å²) >= 11 is 0. The molecule has 0 aliphatic carbocycles. The maximum atomic E-state index is 13.9. The predicted octanol–water partition coefficient (Wildman–Crippen LogP) is 3.57. The Kier molecular flexibility index (Phi) is 8.44. The molecule has 2 aromatic rings. The molecular formula is C25H32FN3O5S2. The quantitative estimate of drug-likeness (QED) is 0.582. The van der Waals surface area contributed by atoms with Gasteiger partial charge in [-0.2, -0.15) is 4.31 Å². The molecule has 4 rings (SSSR count). The topological polar surface area (TPSA) is 104 Å². The maximum absolute atomic E-state index is 13.9. The number of hydrogen-bond donors (Lipinski definition) is 1. The summed E-state index contributed by atoms with van der Waals surface area (Å²) in [6.45, 7) is 1.41. The monoisotopic (exact) mass is 537 g/mol. The molecule has 2 aromatic carbocycles. The lowest BCUT2D eigenvalue weighted by Crippen LogP contribution is -2.42. The van der Waals surface area contributed by atoms with Gasteiger partial charge >= 0.3 is 0 Å². The number of nitrogens with one attached hydrogen (secondary N) is 1. The van der Waals surface area contributed by atoms with Gasteiger partial charge in [-0.25, -0.2) is 25.5 Å². The number of carbonyl (C=O) groups excluding carboxylic acids is 1. The second kappa shape index (κ2) is 11.4. The molecule has 0 atom stereocenters. The van der Waals surface area contributed by atoms with Crippen molar-refractivity contribution in [1.82, 2.24) is 8.61 Å². The molecule has 2 heterocycles. The zero-order chi connectivity index (χ0) is 25.8. The highest BCUT2D eigenvalue weighted by atomic mass is 32.2. The smallest absolute Gasteiger partial charge is 0.243 e. The number of nitrogens with zero attached hydrogens (tertiary/aromatic N) is 2. The molecule has 1 amide bonds. The zero-order valence-electron chi connectivity index (χ0n) is 20.1. The summed E-state index contributed by atoms with van der Waals surface area (Å²) in [7, 11) is -7.26. The first-order valence-corrected chi connectivity index (χ1v) is 15.3. The highest BCUT2D eigenvalue weighted by Crippen LogP contribution is 2.25. The molecule has 8 nitrogen and oxygen atoms in total. The van der Waals surface area contributed by atoms with Crippen LogP contribution in [0.15, 0.2) is 53.4 Å². The summed E-state index contributed by atoms with van der Waals surface area (Å²) in [5.41, 5.74) is 0.614. The molecule has 1 N–H and O–H groups in total. The summed E-state index contributed by atoms with van der Waals surface area (Å²) in [6, 6.07) is 12.0. The molecule has 196 valence electrons. The molecule has 0 unspecified atom stereocenters. The van der Waals surface area contributed by atoms with Crippen LogP contribution in [0.4, 0.5) is 10.1 Å². The molecule has 0 aromatic heterocycles. The lowest BCUT2D eigenvalue weighted by molar-refractivity contribution is -0.120. The Balaban J connectivity index is 1.31. The van der Waals surface area contributed by atoms with E-state index in [1.807, 2.05) is 0 Å². The van der Waals surface area contributed by atoms with Gasteiger partial charge in [-0.1, -0.05) is 31.0 Å². The van der Waals surface area contributed by atoms with E-state index in [-0.39, 0.29) is 35.4 Å². The van der Waals surface area contributed by atoms with Crippen molar-refractivity contribution in [2.45, 2.75) is 49.2 Å². The lowest BCUT2D eigenvalue weighted by atomic mass is 9.97. The van der Waals surface area contributed by atoms with Gasteiger partial charge in [0, 0.05) is 43.3 Å². The molecule has 2 fully saturated rings. The van der Waals surface area contributed by atoms with Gasteiger partial charge in [0.1, 0.15) is 5.82 Å². The van der Waals surface area contributed by atoms with Gasteiger partial charge in [0.2, 0.25) is 26.0 Å². The van der Waals surface area contributed by atoms with Crippen LogP contribution in [-0.2, 0) is 30.6 Å². The van der Waals surface area contributed by atoms with Crippen molar-refractivity contribution < 1.29 is 26.0 Å². The normalized spacial score (nSPS) is 19.0. The Labute approximate surface area is 212 Å². The first kappa shape index (κ1) is 26.7. The number of halogens is 1. The van der Waals surface area contributed by atoms with E-state index >= 15 is 0 Å². The van der Waals surface area contributed by atoms with Crippen LogP contribution < -0.4 is 5.32 Å². The minimum absolute atomic E-state index is 0.124. The highest BCUT2D eigenvalue weighted by Gasteiger charge is 2.32. The Hall–Kier alpha value is -2.34. The Morgan fingerprint density at radius 3 is 2.06 bits per heavy atom. The Morgan fingerprint density at radius 1 is 0.833 bits per heavy atom. The predicted molar refractivity (Wildman–Crippen MR) is 136 cm³/mol. The molecule has 11 heteroatoms. The number of benzene rings is 2. The molecule has 0 bridgehead atoms. The van der Waals surface area contributed by atoms with Crippen LogP contribution in [0.5, 0.6) is 0 Å². The summed E-state index contributed by atoms with van der Waals surface area (Å²) in [5.74, 6) is -1.57. The minimum Gasteiger partial charge on any atom is -0.326 e. The van der Waals surface area contributed by atoms with Crippen molar-refractivity contribution in [3.05, 3.63) is 59.9 Å². The zero-order valence-corrected chi connectivity index (χ0v) is 21.7. The van der Waals surface area contributed by atoms with Crippen LogP contribution in [0.2, 0.25) is 0 Å². The van der Waals surface area contributed by atoms with E-state index in [0.29, 0.717) is 31.6 Å². The highest BCUT2D eigenvalue weighted by molar-refractivity contribution is 7.89. The Morgan fingerprint density at radius 2 is 1.44 bits per heavy atom. The number of carbonyl (C=O) groups is 1. The lowest BCUT2D eigenvalue weighted by Gasteiger charge is -2.30. The van der Waals surface area contributed by atoms with Gasteiger partial charge < -0.3 is 5.32 Å². The van der Waals surface area contributed by atoms with Crippen molar-refractivity contribution in [2.75, 3.05) is 31.5 Å². The number of piperidine rings is 1. The van der Waals surface area contributed by atoms with E-state index < -0.39 is 31.6 Å². The van der Waals surface area contributed by atoms with Gasteiger partial charge in [0.05, 0.1) is 10.6 Å². The van der Waals surface area contributed by atoms with Crippen LogP contribution in [0.1, 0.15) is 44.1 Å². The molecule has 36 heavy (non-hydrogen) atoms. The second-order valence-corrected chi connectivity index (χ2v) is 13.3. The summed E-state index contributed by atoms with van der Waals surface area (Å²) in [6.07, 6.45) is 4.49. The number of hydrogen-bond acceptors (Lipinski definition) is 5. The van der Waals surface area contributed by atoms with Crippen LogP contribution in [0, 0.1) is 11.7 Å². The largest absolute Gasteiger partial charge is 0.326 e. The van der Waals surface area contributed by atoms with E-state index in [1.165, 1.54) is 38.9 Å². The minimum atomic E-state index is -3.70. The number of anilines is 1. The molecule has 0 spiro atoms. The van der Waals surface area contributed by atoms with Crippen molar-refractivity contribution in [2.24, 2.45) is 5.92 Å². The third-order valence-electron chi connectivity index (χ3n) is 6.84. The maximum Gasteiger partial charge on any atom is 0.243 e. The number of rotatable bonds is 7. The third kappa shape index (κ3) is 6.31. The fourth-order valence-corrected chi connectivity index (χ4v) is 7.78. The third-order valence-corrected chi connectivity index (χ3v) is 10.6. The molecular weight excluding hydrogens is 505 g/mol. The van der Waals surface area contributed by atoms with E-state index in [9.17, 15) is 26.0 Å². The fourth-order valence-electron chi connectivity index (χ4n) is 4.69. The van der Waals surface area contributed by atoms with Crippen LogP contribution in [0.3, 0.4) is 0 Å². The summed E-state index contributed by atoms with van der Waals surface area (Å²) < 4.78 is 68.0. The van der Waals surface area contributed by atoms with E-state index in [4.69, 9.17) is 0 Å². The van der Waals surface area contributed by atoms with Gasteiger partial charge in [-0.3, -0.25) is 4.79 Å². The van der Waals surface area contributed by atoms with Crippen molar-refractivity contribution in [3.63, 3.8) is 0 Å². The average molecular weight is 538 g/mol. The van der Waals surface area contributed by atoms with Gasteiger partial charge in [-0.05, 0) is 56.0 Å². The van der Waals surface area contributed by atoms with E-state index in [2.05, 4.69) is 5.32 Å². The molecule has 0 radical (unpaired) electrons. The van der Waals surface area contributed by atoms with Crippen molar-refractivity contribution in [1.29, 1.82) is 0 Å². The summed E-state index contributed by atoms with van der Waals surface area (Å²) in [5, 5.41) is 2.82. The van der Waals surface area contributed by atoms with Crippen LogP contribution >= 0.6 is 0 Å². The molecule has 0 saturated carbocycles. The molecule has 2 aliphatic heterocycles.